The van der Waals surface area contributed by atoms with Gasteiger partial charge in [0.2, 0.25) is 11.6 Å². The van der Waals surface area contributed by atoms with Gasteiger partial charge in [0, 0.05) is 25.8 Å². The van der Waals surface area contributed by atoms with Crippen molar-refractivity contribution in [3.63, 3.8) is 0 Å². The average molecular weight is 368 g/mol. The average Bonchev–Trinajstić information content (AvgIpc) is 3.14. The summed E-state index contributed by atoms with van der Waals surface area (Å²) in [7, 11) is 0. The van der Waals surface area contributed by atoms with E-state index in [-0.39, 0.29) is 17.6 Å². The van der Waals surface area contributed by atoms with Crippen molar-refractivity contribution in [3.05, 3.63) is 54.0 Å². The zero-order valence-corrected chi connectivity index (χ0v) is 14.9. The molecular weight excluding hydrogens is 347 g/mol. The number of piperidine rings is 1. The maximum Gasteiger partial charge on any atom is 0.299 e. The van der Waals surface area contributed by atoms with Gasteiger partial charge in [-0.15, -0.1) is 0 Å². The molecule has 1 saturated heterocycles. The third kappa shape index (κ3) is 4.07. The van der Waals surface area contributed by atoms with Gasteiger partial charge in [0.15, 0.2) is 5.58 Å². The van der Waals surface area contributed by atoms with Crippen LogP contribution in [0.4, 0.5) is 10.4 Å². The zero-order chi connectivity index (χ0) is 18.6. The number of nitrogens with zero attached hydrogens (tertiary/aromatic N) is 3. The summed E-state index contributed by atoms with van der Waals surface area (Å²) in [5, 5.41) is 2.99. The van der Waals surface area contributed by atoms with Gasteiger partial charge in [0.1, 0.15) is 5.82 Å². The Morgan fingerprint density at radius 2 is 2.15 bits per heavy atom. The topological polar surface area (TPSA) is 71.3 Å². The van der Waals surface area contributed by atoms with Gasteiger partial charge in [-0.3, -0.25) is 4.79 Å². The van der Waals surface area contributed by atoms with E-state index in [0.717, 1.165) is 24.9 Å². The van der Waals surface area contributed by atoms with E-state index in [0.29, 0.717) is 36.8 Å². The molecule has 27 heavy (non-hydrogen) atoms. The van der Waals surface area contributed by atoms with Gasteiger partial charge >= 0.3 is 0 Å². The standard InChI is InChI=1S/C20H21FN4O2/c21-16-7-5-14(6-8-16)9-11-23-19(26)15-3-2-12-25(13-15)20-24-18-17(27-20)4-1-10-22-18/h1,4-8,10,15H,2-3,9,11-13H2,(H,23,26). The predicted octanol–water partition coefficient (Wildman–Crippen LogP) is 2.94. The Morgan fingerprint density at radius 1 is 1.30 bits per heavy atom. The monoisotopic (exact) mass is 368 g/mol. The van der Waals surface area contributed by atoms with Crippen LogP contribution in [0.3, 0.4) is 0 Å². The molecule has 0 aliphatic carbocycles. The second-order valence-corrected chi connectivity index (χ2v) is 6.77. The number of hydrogen-bond donors (Lipinski definition) is 1. The third-order valence-corrected chi connectivity index (χ3v) is 4.84. The smallest absolute Gasteiger partial charge is 0.299 e. The molecule has 140 valence electrons. The van der Waals surface area contributed by atoms with E-state index in [9.17, 15) is 9.18 Å². The Hall–Kier alpha value is -2.96. The molecule has 1 aromatic carbocycles. The zero-order valence-electron chi connectivity index (χ0n) is 14.9. The number of amides is 1. The van der Waals surface area contributed by atoms with E-state index in [1.165, 1.54) is 12.1 Å². The maximum atomic E-state index is 12.9. The second kappa shape index (κ2) is 7.73. The minimum atomic E-state index is -0.250. The van der Waals surface area contributed by atoms with Crippen molar-refractivity contribution in [1.29, 1.82) is 0 Å². The van der Waals surface area contributed by atoms with Gasteiger partial charge in [0.25, 0.3) is 6.01 Å². The Bertz CT molecular complexity index is 892. The van der Waals surface area contributed by atoms with Crippen LogP contribution in [0.2, 0.25) is 0 Å². The van der Waals surface area contributed by atoms with Crippen LogP contribution in [0.15, 0.2) is 47.0 Å². The maximum absolute atomic E-state index is 12.9. The van der Waals surface area contributed by atoms with Crippen molar-refractivity contribution in [2.75, 3.05) is 24.5 Å². The number of anilines is 1. The molecule has 3 heterocycles. The largest absolute Gasteiger partial charge is 0.422 e. The van der Waals surface area contributed by atoms with Gasteiger partial charge in [-0.25, -0.2) is 9.37 Å². The molecule has 0 bridgehead atoms. The van der Waals surface area contributed by atoms with Gasteiger partial charge in [0.05, 0.1) is 5.92 Å². The Balaban J connectivity index is 1.33. The lowest BCUT2D eigenvalue weighted by Gasteiger charge is -2.30. The number of halogens is 1. The molecular formula is C20H21FN4O2. The number of fused-ring (bicyclic) bond motifs is 1. The van der Waals surface area contributed by atoms with Gasteiger partial charge < -0.3 is 14.6 Å². The molecule has 0 spiro atoms. The minimum absolute atomic E-state index is 0.0380. The van der Waals surface area contributed by atoms with E-state index in [2.05, 4.69) is 15.3 Å². The lowest BCUT2D eigenvalue weighted by molar-refractivity contribution is -0.125. The lowest BCUT2D eigenvalue weighted by Crippen LogP contribution is -2.43. The van der Waals surface area contributed by atoms with E-state index < -0.39 is 0 Å². The molecule has 6 nitrogen and oxygen atoms in total. The molecule has 2 aromatic heterocycles. The minimum Gasteiger partial charge on any atom is -0.422 e. The SMILES string of the molecule is O=C(NCCc1ccc(F)cc1)C1CCCN(c2nc3ncccc3o2)C1. The summed E-state index contributed by atoms with van der Waals surface area (Å²) in [4.78, 5) is 23.2. The van der Waals surface area contributed by atoms with E-state index in [1.54, 1.807) is 18.3 Å². The summed E-state index contributed by atoms with van der Waals surface area (Å²) >= 11 is 0. The molecule has 1 aliphatic heterocycles. The number of carbonyl (C=O) groups excluding carboxylic acids is 1. The number of rotatable bonds is 5. The second-order valence-electron chi connectivity index (χ2n) is 6.77. The molecule has 1 fully saturated rings. The van der Waals surface area contributed by atoms with E-state index >= 15 is 0 Å². The Kier molecular flexibility index (Phi) is 5.00. The van der Waals surface area contributed by atoms with Crippen molar-refractivity contribution in [2.45, 2.75) is 19.3 Å². The number of nitrogens with one attached hydrogen (secondary N) is 1. The number of carbonyl (C=O) groups is 1. The van der Waals surface area contributed by atoms with E-state index in [1.807, 2.05) is 17.0 Å². The summed E-state index contributed by atoms with van der Waals surface area (Å²) in [6.45, 7) is 1.93. The summed E-state index contributed by atoms with van der Waals surface area (Å²) in [6, 6.07) is 10.5. The summed E-state index contributed by atoms with van der Waals surface area (Å²) < 4.78 is 18.7. The third-order valence-electron chi connectivity index (χ3n) is 4.84. The highest BCUT2D eigenvalue weighted by molar-refractivity contribution is 5.79. The highest BCUT2D eigenvalue weighted by Gasteiger charge is 2.28. The number of oxazole rings is 1. The molecule has 3 aromatic rings. The molecule has 0 saturated carbocycles. The number of aromatic nitrogens is 2. The predicted molar refractivity (Wildman–Crippen MR) is 99.9 cm³/mol. The van der Waals surface area contributed by atoms with Crippen molar-refractivity contribution in [3.8, 4) is 0 Å². The fourth-order valence-electron chi connectivity index (χ4n) is 3.38. The van der Waals surface area contributed by atoms with Crippen LogP contribution in [-0.2, 0) is 11.2 Å². The highest BCUT2D eigenvalue weighted by Crippen LogP contribution is 2.25. The molecule has 1 N–H and O–H groups in total. The summed E-state index contributed by atoms with van der Waals surface area (Å²) in [5.74, 6) is -0.314. The molecule has 0 radical (unpaired) electrons. The first-order valence-corrected chi connectivity index (χ1v) is 9.18. The fraction of sp³-hybridized carbons (Fsp3) is 0.350. The first kappa shape index (κ1) is 17.5. The number of pyridine rings is 1. The van der Waals surface area contributed by atoms with Crippen molar-refractivity contribution >= 4 is 23.2 Å². The normalized spacial score (nSPS) is 17.2. The Morgan fingerprint density at radius 3 is 2.96 bits per heavy atom. The first-order chi connectivity index (χ1) is 13.2. The molecule has 7 heteroatoms. The van der Waals surface area contributed by atoms with Crippen LogP contribution in [0.25, 0.3) is 11.2 Å². The fourth-order valence-corrected chi connectivity index (χ4v) is 3.38. The van der Waals surface area contributed by atoms with Crippen LogP contribution in [0.1, 0.15) is 18.4 Å². The highest BCUT2D eigenvalue weighted by atomic mass is 19.1. The molecule has 1 amide bonds. The first-order valence-electron chi connectivity index (χ1n) is 9.18. The van der Waals surface area contributed by atoms with E-state index in [4.69, 9.17) is 4.42 Å². The summed E-state index contributed by atoms with van der Waals surface area (Å²) in [6.07, 6.45) is 4.11. The van der Waals surface area contributed by atoms with Crippen LogP contribution in [0.5, 0.6) is 0 Å². The summed E-state index contributed by atoms with van der Waals surface area (Å²) in [5.41, 5.74) is 2.23. The number of hydrogen-bond acceptors (Lipinski definition) is 5. The molecule has 1 atom stereocenters. The van der Waals surface area contributed by atoms with Crippen molar-refractivity contribution in [1.82, 2.24) is 15.3 Å². The molecule has 1 aliphatic rings. The molecule has 4 rings (SSSR count). The Labute approximate surface area is 156 Å². The van der Waals surface area contributed by atoms with Crippen LogP contribution in [0, 0.1) is 11.7 Å². The van der Waals surface area contributed by atoms with Crippen LogP contribution in [-0.4, -0.2) is 35.5 Å². The van der Waals surface area contributed by atoms with Crippen molar-refractivity contribution in [2.24, 2.45) is 5.92 Å². The quantitative estimate of drug-likeness (QED) is 0.750. The lowest BCUT2D eigenvalue weighted by atomic mass is 9.97. The van der Waals surface area contributed by atoms with Gasteiger partial charge in [-0.1, -0.05) is 12.1 Å². The van der Waals surface area contributed by atoms with Crippen molar-refractivity contribution < 1.29 is 13.6 Å². The van der Waals surface area contributed by atoms with Gasteiger partial charge in [-0.05, 0) is 49.1 Å². The molecule has 1 unspecified atom stereocenters. The van der Waals surface area contributed by atoms with Gasteiger partial charge in [-0.2, -0.15) is 4.98 Å². The number of benzene rings is 1. The van der Waals surface area contributed by atoms with Crippen LogP contribution >= 0.6 is 0 Å². The van der Waals surface area contributed by atoms with Crippen LogP contribution < -0.4 is 10.2 Å².